The van der Waals surface area contributed by atoms with Crippen LogP contribution in [0.25, 0.3) is 5.69 Å². The zero-order valence-electron chi connectivity index (χ0n) is 13.8. The van der Waals surface area contributed by atoms with Crippen LogP contribution in [0.2, 0.25) is 0 Å². The van der Waals surface area contributed by atoms with Crippen LogP contribution in [-0.2, 0) is 0 Å². The number of rotatable bonds is 8. The molecule has 2 aromatic rings. The standard InChI is InChI=1S/C18H27N3O/c1-15(20-10-4-9-18(2,3)13-22)16-5-7-17(8-6-16)21-12-11-19-14-21/h5-8,11-12,14-15,20,22H,4,9-10,13H2,1-3H3. The predicted octanol–water partition coefficient (Wildman–Crippen LogP) is 3.32. The summed E-state index contributed by atoms with van der Waals surface area (Å²) in [5, 5.41) is 12.8. The predicted molar refractivity (Wildman–Crippen MR) is 90.1 cm³/mol. The lowest BCUT2D eigenvalue weighted by atomic mass is 9.89. The van der Waals surface area contributed by atoms with Crippen molar-refractivity contribution in [2.75, 3.05) is 13.2 Å². The summed E-state index contributed by atoms with van der Waals surface area (Å²) in [6.45, 7) is 7.60. The maximum atomic E-state index is 9.26. The van der Waals surface area contributed by atoms with Gasteiger partial charge in [-0.3, -0.25) is 0 Å². The van der Waals surface area contributed by atoms with Crippen LogP contribution in [0.15, 0.2) is 43.0 Å². The number of benzene rings is 1. The van der Waals surface area contributed by atoms with Crippen LogP contribution in [-0.4, -0.2) is 27.8 Å². The molecule has 2 N–H and O–H groups in total. The average Bonchev–Trinajstić information content (AvgIpc) is 3.06. The van der Waals surface area contributed by atoms with E-state index in [1.165, 1.54) is 5.56 Å². The summed E-state index contributed by atoms with van der Waals surface area (Å²) < 4.78 is 2.00. The molecule has 22 heavy (non-hydrogen) atoms. The Morgan fingerprint density at radius 3 is 2.59 bits per heavy atom. The molecule has 4 heteroatoms. The molecule has 0 saturated heterocycles. The Morgan fingerprint density at radius 2 is 2.00 bits per heavy atom. The molecule has 0 aliphatic heterocycles. The van der Waals surface area contributed by atoms with Crippen molar-refractivity contribution in [3.63, 3.8) is 0 Å². The molecule has 1 heterocycles. The van der Waals surface area contributed by atoms with Crippen LogP contribution in [0.4, 0.5) is 0 Å². The van der Waals surface area contributed by atoms with Crippen molar-refractivity contribution in [2.45, 2.75) is 39.7 Å². The SMILES string of the molecule is CC(NCCCC(C)(C)CO)c1ccc(-n2ccnc2)cc1. The van der Waals surface area contributed by atoms with E-state index in [0.717, 1.165) is 25.1 Å². The number of nitrogens with zero attached hydrogens (tertiary/aromatic N) is 2. The molecule has 0 saturated carbocycles. The van der Waals surface area contributed by atoms with Crippen LogP contribution in [0.3, 0.4) is 0 Å². The Balaban J connectivity index is 1.81. The number of imidazole rings is 1. The molecule has 2 rings (SSSR count). The minimum absolute atomic E-state index is 0.0252. The molecule has 0 amide bonds. The molecule has 0 aliphatic carbocycles. The lowest BCUT2D eigenvalue weighted by molar-refractivity contribution is 0.147. The number of nitrogens with one attached hydrogen (secondary N) is 1. The first-order valence-electron chi connectivity index (χ1n) is 7.94. The van der Waals surface area contributed by atoms with Gasteiger partial charge in [0.2, 0.25) is 0 Å². The molecule has 0 radical (unpaired) electrons. The Morgan fingerprint density at radius 1 is 1.27 bits per heavy atom. The van der Waals surface area contributed by atoms with E-state index in [9.17, 15) is 5.11 Å². The first-order chi connectivity index (χ1) is 10.5. The van der Waals surface area contributed by atoms with Gasteiger partial charge in [0.15, 0.2) is 0 Å². The topological polar surface area (TPSA) is 50.1 Å². The van der Waals surface area contributed by atoms with Gasteiger partial charge in [-0.05, 0) is 49.4 Å². The minimum atomic E-state index is 0.0252. The number of hydrogen-bond acceptors (Lipinski definition) is 3. The maximum absolute atomic E-state index is 9.26. The molecule has 0 bridgehead atoms. The van der Waals surface area contributed by atoms with Gasteiger partial charge in [0.25, 0.3) is 0 Å². The van der Waals surface area contributed by atoms with E-state index in [1.54, 1.807) is 12.5 Å². The third-order valence-electron chi connectivity index (χ3n) is 4.10. The van der Waals surface area contributed by atoms with Gasteiger partial charge >= 0.3 is 0 Å². The largest absolute Gasteiger partial charge is 0.396 e. The lowest BCUT2D eigenvalue weighted by Crippen LogP contribution is -2.23. The van der Waals surface area contributed by atoms with Gasteiger partial charge in [0, 0.05) is 30.7 Å². The highest BCUT2D eigenvalue weighted by atomic mass is 16.3. The van der Waals surface area contributed by atoms with E-state index >= 15 is 0 Å². The fraction of sp³-hybridized carbons (Fsp3) is 0.500. The molecule has 0 fully saturated rings. The second kappa shape index (κ2) is 7.56. The van der Waals surface area contributed by atoms with Crippen molar-refractivity contribution in [1.82, 2.24) is 14.9 Å². The van der Waals surface area contributed by atoms with E-state index < -0.39 is 0 Å². The Kier molecular flexibility index (Phi) is 5.75. The normalized spacial score (nSPS) is 13.3. The number of hydrogen-bond donors (Lipinski definition) is 2. The van der Waals surface area contributed by atoms with Crippen LogP contribution in [0.1, 0.15) is 45.2 Å². The van der Waals surface area contributed by atoms with E-state index in [1.807, 2.05) is 10.8 Å². The third-order valence-corrected chi connectivity index (χ3v) is 4.10. The highest BCUT2D eigenvalue weighted by Gasteiger charge is 2.15. The third kappa shape index (κ3) is 4.68. The molecule has 0 aliphatic rings. The molecule has 1 aromatic heterocycles. The number of aliphatic hydroxyl groups excluding tert-OH is 1. The Labute approximate surface area is 133 Å². The zero-order chi connectivity index (χ0) is 16.0. The molecule has 1 atom stereocenters. The van der Waals surface area contributed by atoms with E-state index in [0.29, 0.717) is 6.04 Å². The highest BCUT2D eigenvalue weighted by Crippen LogP contribution is 2.21. The molecule has 1 unspecified atom stereocenters. The summed E-state index contributed by atoms with van der Waals surface area (Å²) >= 11 is 0. The Hall–Kier alpha value is -1.65. The first-order valence-corrected chi connectivity index (χ1v) is 7.94. The van der Waals surface area contributed by atoms with Crippen LogP contribution in [0.5, 0.6) is 0 Å². The molecule has 0 spiro atoms. The highest BCUT2D eigenvalue weighted by molar-refractivity contribution is 5.35. The number of aliphatic hydroxyl groups is 1. The van der Waals surface area contributed by atoms with Gasteiger partial charge in [-0.1, -0.05) is 26.0 Å². The van der Waals surface area contributed by atoms with Crippen molar-refractivity contribution in [3.8, 4) is 5.69 Å². The fourth-order valence-corrected chi connectivity index (χ4v) is 2.43. The van der Waals surface area contributed by atoms with Crippen LogP contribution in [0, 0.1) is 5.41 Å². The quantitative estimate of drug-likeness (QED) is 0.735. The van der Waals surface area contributed by atoms with Crippen molar-refractivity contribution >= 4 is 0 Å². The summed E-state index contributed by atoms with van der Waals surface area (Å²) in [5.41, 5.74) is 2.43. The second-order valence-electron chi connectivity index (χ2n) is 6.66. The molecule has 4 nitrogen and oxygen atoms in total. The van der Waals surface area contributed by atoms with Crippen LogP contribution < -0.4 is 5.32 Å². The minimum Gasteiger partial charge on any atom is -0.396 e. The fourth-order valence-electron chi connectivity index (χ4n) is 2.43. The average molecular weight is 301 g/mol. The van der Waals surface area contributed by atoms with Gasteiger partial charge in [0.05, 0.1) is 6.33 Å². The first kappa shape index (κ1) is 16.7. The summed E-state index contributed by atoms with van der Waals surface area (Å²) in [5.74, 6) is 0. The maximum Gasteiger partial charge on any atom is 0.0991 e. The van der Waals surface area contributed by atoms with Gasteiger partial charge in [0.1, 0.15) is 0 Å². The molecule has 1 aromatic carbocycles. The van der Waals surface area contributed by atoms with Crippen molar-refractivity contribution in [3.05, 3.63) is 48.5 Å². The van der Waals surface area contributed by atoms with Crippen molar-refractivity contribution in [1.29, 1.82) is 0 Å². The molecular formula is C18H27N3O. The monoisotopic (exact) mass is 301 g/mol. The van der Waals surface area contributed by atoms with E-state index in [4.69, 9.17) is 0 Å². The summed E-state index contributed by atoms with van der Waals surface area (Å²) in [7, 11) is 0. The number of aromatic nitrogens is 2. The second-order valence-corrected chi connectivity index (χ2v) is 6.66. The van der Waals surface area contributed by atoms with Crippen molar-refractivity contribution in [2.24, 2.45) is 5.41 Å². The van der Waals surface area contributed by atoms with Gasteiger partial charge in [-0.15, -0.1) is 0 Å². The van der Waals surface area contributed by atoms with Crippen LogP contribution >= 0.6 is 0 Å². The summed E-state index contributed by atoms with van der Waals surface area (Å²) in [6, 6.07) is 8.87. The summed E-state index contributed by atoms with van der Waals surface area (Å²) in [6.07, 6.45) is 7.64. The molecular weight excluding hydrogens is 274 g/mol. The Bertz CT molecular complexity index is 546. The van der Waals surface area contributed by atoms with Crippen molar-refractivity contribution < 1.29 is 5.11 Å². The van der Waals surface area contributed by atoms with Gasteiger partial charge < -0.3 is 15.0 Å². The van der Waals surface area contributed by atoms with Gasteiger partial charge in [-0.25, -0.2) is 4.98 Å². The molecule has 120 valence electrons. The lowest BCUT2D eigenvalue weighted by Gasteiger charge is -2.22. The van der Waals surface area contributed by atoms with E-state index in [-0.39, 0.29) is 12.0 Å². The zero-order valence-corrected chi connectivity index (χ0v) is 13.8. The smallest absolute Gasteiger partial charge is 0.0991 e. The van der Waals surface area contributed by atoms with Gasteiger partial charge in [-0.2, -0.15) is 0 Å². The van der Waals surface area contributed by atoms with E-state index in [2.05, 4.69) is 55.3 Å². The summed E-state index contributed by atoms with van der Waals surface area (Å²) in [4.78, 5) is 4.07.